The molecule has 0 radical (unpaired) electrons. The van der Waals surface area contributed by atoms with Gasteiger partial charge < -0.3 is 26.0 Å². The van der Waals surface area contributed by atoms with Crippen LogP contribution in [0.15, 0.2) is 53.6 Å². The summed E-state index contributed by atoms with van der Waals surface area (Å²) in [5.74, 6) is -0.951. The van der Waals surface area contributed by atoms with Crippen LogP contribution in [0.5, 0.6) is 5.75 Å². The van der Waals surface area contributed by atoms with E-state index in [1.165, 1.54) is 18.2 Å². The van der Waals surface area contributed by atoms with Crippen LogP contribution < -0.4 is 16.1 Å². The molecule has 1 fully saturated rings. The zero-order valence-electron chi connectivity index (χ0n) is 13.2. The van der Waals surface area contributed by atoms with Gasteiger partial charge in [0.15, 0.2) is 0 Å². The van der Waals surface area contributed by atoms with Gasteiger partial charge in [-0.2, -0.15) is 5.10 Å². The molecule has 2 aliphatic rings. The van der Waals surface area contributed by atoms with Crippen LogP contribution in [0.1, 0.15) is 21.5 Å². The van der Waals surface area contributed by atoms with Gasteiger partial charge >= 0.3 is 6.03 Å². The molecule has 26 heavy (non-hydrogen) atoms. The van der Waals surface area contributed by atoms with Gasteiger partial charge in [0.25, 0.3) is 5.91 Å². The molecular formula is C17H14N4O5. The number of amides is 3. The van der Waals surface area contributed by atoms with E-state index in [0.717, 1.165) is 0 Å². The largest absolute Gasteiger partial charge is 0.507 e. The summed E-state index contributed by atoms with van der Waals surface area (Å²) in [7, 11) is 0. The Morgan fingerprint density at radius 2 is 1.65 bits per heavy atom. The Bertz CT molecular complexity index is 975. The molecule has 0 spiro atoms. The lowest BCUT2D eigenvalue weighted by atomic mass is 10.0. The Hall–Kier alpha value is -3.43. The number of urea groups is 1. The smallest absolute Gasteiger partial charge is 0.320 e. The SMILES string of the molecule is O=C1N[C@@]2(O)c3ccccc3/C(=N/NC(=O)c3ccccc3O)[C@@]2(O)N1. The first-order chi connectivity index (χ1) is 12.4. The molecule has 4 rings (SSSR count). The van der Waals surface area contributed by atoms with Crippen LogP contribution in [0, 0.1) is 0 Å². The topological polar surface area (TPSA) is 143 Å². The predicted molar refractivity (Wildman–Crippen MR) is 89.1 cm³/mol. The Morgan fingerprint density at radius 1 is 1.00 bits per heavy atom. The number of hydrogen-bond acceptors (Lipinski definition) is 6. The first-order valence-electron chi connectivity index (χ1n) is 7.68. The number of aliphatic hydroxyl groups is 2. The third kappa shape index (κ3) is 2.01. The molecule has 6 N–H and O–H groups in total. The molecule has 1 saturated heterocycles. The van der Waals surface area contributed by atoms with E-state index in [2.05, 4.69) is 21.2 Å². The Kier molecular flexibility index (Phi) is 3.26. The summed E-state index contributed by atoms with van der Waals surface area (Å²) in [6, 6.07) is 11.5. The molecular weight excluding hydrogens is 340 g/mol. The number of phenols is 1. The molecule has 1 aliphatic heterocycles. The quantitative estimate of drug-likeness (QED) is 0.410. The molecule has 1 aliphatic carbocycles. The van der Waals surface area contributed by atoms with Gasteiger partial charge in [-0.05, 0) is 12.1 Å². The highest BCUT2D eigenvalue weighted by molar-refractivity contribution is 6.15. The minimum absolute atomic E-state index is 0.0148. The van der Waals surface area contributed by atoms with E-state index < -0.39 is 23.4 Å². The minimum atomic E-state index is -2.26. The Labute approximate surface area is 147 Å². The number of para-hydroxylation sites is 1. The molecule has 0 aromatic heterocycles. The van der Waals surface area contributed by atoms with Gasteiger partial charge in [0.1, 0.15) is 11.5 Å². The van der Waals surface area contributed by atoms with Crippen LogP contribution in [0.3, 0.4) is 0 Å². The lowest BCUT2D eigenvalue weighted by Crippen LogP contribution is -2.58. The number of fused-ring (bicyclic) bond motifs is 3. The zero-order valence-corrected chi connectivity index (χ0v) is 13.2. The van der Waals surface area contributed by atoms with E-state index in [9.17, 15) is 24.9 Å². The maximum Gasteiger partial charge on any atom is 0.320 e. The zero-order chi connectivity index (χ0) is 18.5. The van der Waals surface area contributed by atoms with Crippen LogP contribution in [-0.4, -0.2) is 38.7 Å². The van der Waals surface area contributed by atoms with Crippen molar-refractivity contribution < 1.29 is 24.9 Å². The second kappa shape index (κ2) is 5.28. The summed E-state index contributed by atoms with van der Waals surface area (Å²) in [6.07, 6.45) is 0. The van der Waals surface area contributed by atoms with Crippen molar-refractivity contribution in [3.63, 3.8) is 0 Å². The van der Waals surface area contributed by atoms with Gasteiger partial charge in [-0.25, -0.2) is 10.2 Å². The molecule has 9 heteroatoms. The van der Waals surface area contributed by atoms with Gasteiger partial charge in [-0.3, -0.25) is 4.79 Å². The average Bonchev–Trinajstić information content (AvgIpc) is 2.94. The second-order valence-electron chi connectivity index (χ2n) is 5.96. The van der Waals surface area contributed by atoms with Crippen molar-refractivity contribution in [2.24, 2.45) is 5.10 Å². The van der Waals surface area contributed by atoms with Gasteiger partial charge in [0.2, 0.25) is 11.4 Å². The summed E-state index contributed by atoms with van der Waals surface area (Å²) in [5.41, 5.74) is -1.73. The van der Waals surface area contributed by atoms with Crippen LogP contribution >= 0.6 is 0 Å². The standard InChI is InChI=1S/C17H14N4O5/c22-12-8-4-2-6-10(12)14(23)21-20-13-9-5-1-3-7-11(9)16(25)17(13,26)19-15(24)18-16/h1-8,22,25-26H,(H,21,23)(H2,18,19,24)/b20-13-/t16-,17+/m1/s1. The maximum absolute atomic E-state index is 12.2. The maximum atomic E-state index is 12.2. The van der Waals surface area contributed by atoms with Gasteiger partial charge in [0.05, 0.1) is 5.56 Å². The van der Waals surface area contributed by atoms with Crippen molar-refractivity contribution in [3.05, 3.63) is 65.2 Å². The van der Waals surface area contributed by atoms with Gasteiger partial charge in [-0.15, -0.1) is 0 Å². The van der Waals surface area contributed by atoms with Gasteiger partial charge in [0, 0.05) is 11.1 Å². The van der Waals surface area contributed by atoms with E-state index in [1.54, 1.807) is 30.3 Å². The number of aromatic hydroxyl groups is 1. The molecule has 2 aromatic carbocycles. The number of phenolic OH excluding ortho intramolecular Hbond substituents is 1. The number of hydrazone groups is 1. The van der Waals surface area contributed by atoms with Crippen LogP contribution in [0.25, 0.3) is 0 Å². The number of nitrogens with one attached hydrogen (secondary N) is 3. The van der Waals surface area contributed by atoms with E-state index in [-0.39, 0.29) is 22.6 Å². The van der Waals surface area contributed by atoms with E-state index in [1.807, 2.05) is 0 Å². The summed E-state index contributed by atoms with van der Waals surface area (Å²) >= 11 is 0. The lowest BCUT2D eigenvalue weighted by molar-refractivity contribution is -0.110. The molecule has 132 valence electrons. The summed E-state index contributed by atoms with van der Waals surface area (Å²) < 4.78 is 0. The minimum Gasteiger partial charge on any atom is -0.507 e. The van der Waals surface area contributed by atoms with Crippen LogP contribution in [0.4, 0.5) is 4.79 Å². The predicted octanol–water partition coefficient (Wildman–Crippen LogP) is -0.314. The van der Waals surface area contributed by atoms with Crippen LogP contribution in [-0.2, 0) is 5.72 Å². The summed E-state index contributed by atoms with van der Waals surface area (Å²) in [6.45, 7) is 0. The normalized spacial score (nSPS) is 27.5. The summed E-state index contributed by atoms with van der Waals surface area (Å²) in [5, 5.41) is 39.9. The fourth-order valence-corrected chi connectivity index (χ4v) is 3.21. The molecule has 1 heterocycles. The number of nitrogens with zero attached hydrogens (tertiary/aromatic N) is 1. The third-order valence-corrected chi connectivity index (χ3v) is 4.45. The molecule has 2 aromatic rings. The molecule has 0 saturated carbocycles. The van der Waals surface area contributed by atoms with Crippen molar-refractivity contribution in [1.82, 2.24) is 16.1 Å². The molecule has 3 amide bonds. The molecule has 2 atom stereocenters. The number of carbonyl (C=O) groups excluding carboxylic acids is 2. The van der Waals surface area contributed by atoms with E-state index in [0.29, 0.717) is 5.56 Å². The monoisotopic (exact) mass is 354 g/mol. The fraction of sp³-hybridized carbons (Fsp3) is 0.118. The first kappa shape index (κ1) is 16.1. The highest BCUT2D eigenvalue weighted by Gasteiger charge is 2.67. The number of benzene rings is 2. The highest BCUT2D eigenvalue weighted by atomic mass is 16.4. The second-order valence-corrected chi connectivity index (χ2v) is 5.96. The molecule has 0 unspecified atom stereocenters. The van der Waals surface area contributed by atoms with Crippen LogP contribution in [0.2, 0.25) is 0 Å². The average molecular weight is 354 g/mol. The first-order valence-corrected chi connectivity index (χ1v) is 7.68. The Balaban J connectivity index is 1.76. The van der Waals surface area contributed by atoms with Crippen molar-refractivity contribution in [2.45, 2.75) is 11.4 Å². The van der Waals surface area contributed by atoms with Crippen molar-refractivity contribution in [1.29, 1.82) is 0 Å². The van der Waals surface area contributed by atoms with Crippen molar-refractivity contribution >= 4 is 17.6 Å². The van der Waals surface area contributed by atoms with E-state index in [4.69, 9.17) is 0 Å². The number of rotatable bonds is 2. The molecule has 9 nitrogen and oxygen atoms in total. The summed E-state index contributed by atoms with van der Waals surface area (Å²) in [4.78, 5) is 24.0. The lowest BCUT2D eigenvalue weighted by Gasteiger charge is -2.29. The third-order valence-electron chi connectivity index (χ3n) is 4.45. The number of carbonyl (C=O) groups is 2. The Morgan fingerprint density at radius 3 is 2.42 bits per heavy atom. The van der Waals surface area contributed by atoms with Gasteiger partial charge in [-0.1, -0.05) is 36.4 Å². The molecule has 0 bridgehead atoms. The number of hydrogen-bond donors (Lipinski definition) is 6. The highest BCUT2D eigenvalue weighted by Crippen LogP contribution is 2.43. The fourth-order valence-electron chi connectivity index (χ4n) is 3.21. The van der Waals surface area contributed by atoms with Crippen molar-refractivity contribution in [2.75, 3.05) is 0 Å². The van der Waals surface area contributed by atoms with E-state index >= 15 is 0 Å². The van der Waals surface area contributed by atoms with Crippen molar-refractivity contribution in [3.8, 4) is 5.75 Å².